The molecular formula is C24H21N3OS. The Morgan fingerprint density at radius 1 is 1.00 bits per heavy atom. The van der Waals surface area contributed by atoms with E-state index in [-0.39, 0.29) is 12.1 Å². The van der Waals surface area contributed by atoms with Gasteiger partial charge in [0.25, 0.3) is 0 Å². The molecule has 0 fully saturated rings. The third-order valence-corrected chi connectivity index (χ3v) is 6.35. The zero-order valence-electron chi connectivity index (χ0n) is 16.1. The molecule has 1 atom stereocenters. The first kappa shape index (κ1) is 17.8. The van der Waals surface area contributed by atoms with E-state index in [0.29, 0.717) is 6.54 Å². The van der Waals surface area contributed by atoms with Gasteiger partial charge in [-0.05, 0) is 53.8 Å². The number of carbonyl (C=O) groups excluding carboxylic acids is 1. The van der Waals surface area contributed by atoms with Crippen LogP contribution in [0.3, 0.4) is 0 Å². The molecule has 0 radical (unpaired) electrons. The van der Waals surface area contributed by atoms with Gasteiger partial charge in [0.15, 0.2) is 0 Å². The predicted octanol–water partition coefficient (Wildman–Crippen LogP) is 5.98. The second-order valence-corrected chi connectivity index (χ2v) is 8.20. The Hall–Kier alpha value is -3.31. The number of amides is 2. The number of para-hydroxylation sites is 2. The standard InChI is InChI=1S/C24H21N3OS/c1-17-8-2-4-10-19(17)25-24(28)27-16-18-9-3-5-11-20(18)26-14-6-12-21(26)23(27)22-13-7-15-29-22/h2-15,23H,16H2,1H3,(H,25,28)/t23-/m0/s1. The molecule has 4 aromatic rings. The highest BCUT2D eigenvalue weighted by Gasteiger charge is 2.33. The molecule has 5 heteroatoms. The van der Waals surface area contributed by atoms with Crippen LogP contribution in [0.25, 0.3) is 5.69 Å². The van der Waals surface area contributed by atoms with Gasteiger partial charge in [-0.25, -0.2) is 4.79 Å². The highest BCUT2D eigenvalue weighted by Crippen LogP contribution is 2.38. The van der Waals surface area contributed by atoms with Gasteiger partial charge in [-0.2, -0.15) is 0 Å². The van der Waals surface area contributed by atoms with E-state index in [9.17, 15) is 4.79 Å². The largest absolute Gasteiger partial charge is 0.323 e. The van der Waals surface area contributed by atoms with Gasteiger partial charge in [-0.3, -0.25) is 0 Å². The van der Waals surface area contributed by atoms with Gasteiger partial charge in [0.2, 0.25) is 0 Å². The number of aryl methyl sites for hydroxylation is 1. The second kappa shape index (κ2) is 7.26. The molecule has 2 aromatic carbocycles. The van der Waals surface area contributed by atoms with Crippen molar-refractivity contribution < 1.29 is 4.79 Å². The van der Waals surface area contributed by atoms with E-state index in [4.69, 9.17) is 0 Å². The van der Waals surface area contributed by atoms with Crippen molar-refractivity contribution in [3.05, 3.63) is 106 Å². The van der Waals surface area contributed by atoms with Gasteiger partial charge in [-0.1, -0.05) is 42.5 Å². The quantitative estimate of drug-likeness (QED) is 0.442. The summed E-state index contributed by atoms with van der Waals surface area (Å²) in [5, 5.41) is 5.20. The summed E-state index contributed by atoms with van der Waals surface area (Å²) >= 11 is 1.68. The summed E-state index contributed by atoms with van der Waals surface area (Å²) in [6.07, 6.45) is 2.08. The lowest BCUT2D eigenvalue weighted by molar-refractivity contribution is 0.195. The number of benzene rings is 2. The fourth-order valence-electron chi connectivity index (χ4n) is 3.99. The minimum atomic E-state index is -0.151. The van der Waals surface area contributed by atoms with Gasteiger partial charge >= 0.3 is 6.03 Å². The molecule has 0 aliphatic carbocycles. The minimum absolute atomic E-state index is 0.0952. The predicted molar refractivity (Wildman–Crippen MR) is 118 cm³/mol. The lowest BCUT2D eigenvalue weighted by Gasteiger charge is -2.30. The number of carbonyl (C=O) groups is 1. The smallest absolute Gasteiger partial charge is 0.318 e. The number of urea groups is 1. The molecule has 5 rings (SSSR count). The van der Waals surface area contributed by atoms with Crippen molar-refractivity contribution in [2.75, 3.05) is 5.32 Å². The van der Waals surface area contributed by atoms with Gasteiger partial charge < -0.3 is 14.8 Å². The van der Waals surface area contributed by atoms with E-state index in [1.165, 1.54) is 0 Å². The molecule has 0 bridgehead atoms. The van der Waals surface area contributed by atoms with Crippen molar-refractivity contribution in [2.24, 2.45) is 0 Å². The van der Waals surface area contributed by atoms with Gasteiger partial charge in [0, 0.05) is 16.8 Å². The van der Waals surface area contributed by atoms with E-state index >= 15 is 0 Å². The molecule has 1 aliphatic rings. The molecule has 1 aliphatic heterocycles. The van der Waals surface area contributed by atoms with E-state index < -0.39 is 0 Å². The van der Waals surface area contributed by atoms with Gasteiger partial charge in [0.05, 0.1) is 17.9 Å². The zero-order chi connectivity index (χ0) is 19.8. The first-order valence-electron chi connectivity index (χ1n) is 9.64. The summed E-state index contributed by atoms with van der Waals surface area (Å²) in [5.74, 6) is 0. The van der Waals surface area contributed by atoms with Crippen molar-refractivity contribution >= 4 is 23.1 Å². The maximum absolute atomic E-state index is 13.5. The molecule has 3 heterocycles. The van der Waals surface area contributed by atoms with Crippen molar-refractivity contribution in [3.8, 4) is 5.69 Å². The summed E-state index contributed by atoms with van der Waals surface area (Å²) in [6.45, 7) is 2.55. The maximum atomic E-state index is 13.5. The van der Waals surface area contributed by atoms with Crippen LogP contribution in [0.4, 0.5) is 10.5 Å². The number of nitrogens with one attached hydrogen (secondary N) is 1. The monoisotopic (exact) mass is 399 g/mol. The fourth-order valence-corrected chi connectivity index (χ4v) is 4.83. The number of aromatic nitrogens is 1. The minimum Gasteiger partial charge on any atom is -0.318 e. The molecule has 29 heavy (non-hydrogen) atoms. The van der Waals surface area contributed by atoms with Crippen LogP contribution < -0.4 is 5.32 Å². The van der Waals surface area contributed by atoms with Crippen LogP contribution in [0, 0.1) is 6.92 Å². The normalized spacial score (nSPS) is 15.3. The summed E-state index contributed by atoms with van der Waals surface area (Å²) in [4.78, 5) is 16.6. The van der Waals surface area contributed by atoms with Crippen LogP contribution in [0.5, 0.6) is 0 Å². The van der Waals surface area contributed by atoms with Crippen LogP contribution in [-0.4, -0.2) is 15.5 Å². The van der Waals surface area contributed by atoms with Gasteiger partial charge in [0.1, 0.15) is 6.04 Å². The zero-order valence-corrected chi connectivity index (χ0v) is 16.9. The molecule has 2 amide bonds. The number of rotatable bonds is 2. The Balaban J connectivity index is 1.63. The molecule has 0 unspecified atom stereocenters. The van der Waals surface area contributed by atoms with Crippen molar-refractivity contribution in [1.82, 2.24) is 9.47 Å². The Labute approximate surface area is 174 Å². The third kappa shape index (κ3) is 3.13. The molecule has 0 spiro atoms. The molecule has 0 saturated heterocycles. The highest BCUT2D eigenvalue weighted by atomic mass is 32.1. The molecular weight excluding hydrogens is 378 g/mol. The van der Waals surface area contributed by atoms with Crippen LogP contribution >= 0.6 is 11.3 Å². The molecule has 4 nitrogen and oxygen atoms in total. The van der Waals surface area contributed by atoms with E-state index in [1.54, 1.807) is 11.3 Å². The number of fused-ring (bicyclic) bond motifs is 3. The number of nitrogens with zero attached hydrogens (tertiary/aromatic N) is 2. The Bertz CT molecular complexity index is 1160. The SMILES string of the molecule is Cc1ccccc1NC(=O)N1Cc2ccccc2-n2cccc2[C@H]1c1cccs1. The maximum Gasteiger partial charge on any atom is 0.323 e. The van der Waals surface area contributed by atoms with E-state index in [1.807, 2.05) is 54.3 Å². The molecule has 2 aromatic heterocycles. The molecule has 144 valence electrons. The van der Waals surface area contributed by atoms with Crippen LogP contribution in [0.15, 0.2) is 84.4 Å². The summed E-state index contributed by atoms with van der Waals surface area (Å²) < 4.78 is 2.21. The van der Waals surface area contributed by atoms with Crippen LogP contribution in [-0.2, 0) is 6.54 Å². The van der Waals surface area contributed by atoms with Crippen molar-refractivity contribution in [1.29, 1.82) is 0 Å². The first-order chi connectivity index (χ1) is 14.2. The van der Waals surface area contributed by atoms with E-state index in [0.717, 1.165) is 33.1 Å². The summed E-state index contributed by atoms with van der Waals surface area (Å²) in [6, 6.07) is 24.3. The van der Waals surface area contributed by atoms with Crippen LogP contribution in [0.2, 0.25) is 0 Å². The number of thiophene rings is 1. The number of hydrogen-bond donors (Lipinski definition) is 1. The number of anilines is 1. The Kier molecular flexibility index (Phi) is 4.45. The molecule has 1 N–H and O–H groups in total. The average molecular weight is 400 g/mol. The summed E-state index contributed by atoms with van der Waals surface area (Å²) in [7, 11) is 0. The van der Waals surface area contributed by atoms with Gasteiger partial charge in [-0.15, -0.1) is 11.3 Å². The van der Waals surface area contributed by atoms with Crippen LogP contribution in [0.1, 0.15) is 27.7 Å². The topological polar surface area (TPSA) is 37.3 Å². The third-order valence-electron chi connectivity index (χ3n) is 5.42. The van der Waals surface area contributed by atoms with Crippen molar-refractivity contribution in [2.45, 2.75) is 19.5 Å². The Morgan fingerprint density at radius 2 is 1.83 bits per heavy atom. The van der Waals surface area contributed by atoms with E-state index in [2.05, 4.69) is 51.8 Å². The van der Waals surface area contributed by atoms with Crippen molar-refractivity contribution in [3.63, 3.8) is 0 Å². The average Bonchev–Trinajstić information content (AvgIpc) is 3.41. The second-order valence-electron chi connectivity index (χ2n) is 7.22. The summed E-state index contributed by atoms with van der Waals surface area (Å²) in [5.41, 5.74) is 5.24. The fraction of sp³-hybridized carbons (Fsp3) is 0.125. The molecule has 0 saturated carbocycles. The first-order valence-corrected chi connectivity index (χ1v) is 10.5. The number of hydrogen-bond acceptors (Lipinski definition) is 2. The lowest BCUT2D eigenvalue weighted by atomic mass is 10.1. The lowest BCUT2D eigenvalue weighted by Crippen LogP contribution is -2.37. The highest BCUT2D eigenvalue weighted by molar-refractivity contribution is 7.10. The Morgan fingerprint density at radius 3 is 2.66 bits per heavy atom.